The molecule has 21 nitrogen and oxygen atoms in total. The lowest BCUT2D eigenvalue weighted by Crippen LogP contribution is -2.45. The molecule has 1 aromatic heterocycles. The highest BCUT2D eigenvalue weighted by atomic mass is 32.2. The molecule has 0 spiro atoms. The number of aryl methyl sites for hydroxylation is 1. The fraction of sp³-hybridized carbons (Fsp3) is 0.314. The summed E-state index contributed by atoms with van der Waals surface area (Å²) in [5, 5.41) is 79.2. The summed E-state index contributed by atoms with van der Waals surface area (Å²) in [5.74, 6) is -0.0418. The van der Waals surface area contributed by atoms with Crippen molar-refractivity contribution in [3.63, 3.8) is 0 Å². The Kier molecular flexibility index (Phi) is 14.9. The third kappa shape index (κ3) is 10.8. The Hall–Kier alpha value is -9.29. The Balaban J connectivity index is 0.000000114. The van der Waals surface area contributed by atoms with Crippen LogP contribution in [0.25, 0.3) is 0 Å². The number of aliphatic hydroxyl groups excluding tert-OH is 1. The second kappa shape index (κ2) is 22.2. The summed E-state index contributed by atoms with van der Waals surface area (Å²) in [4.78, 5) is 42.6. The first-order chi connectivity index (χ1) is 43.5. The summed E-state index contributed by atoms with van der Waals surface area (Å²) in [6.07, 6.45) is 6.29. The van der Waals surface area contributed by atoms with E-state index in [1.165, 1.54) is 43.8 Å². The number of fused-ring (bicyclic) bond motifs is 12. The molecule has 0 amide bonds. The summed E-state index contributed by atoms with van der Waals surface area (Å²) in [7, 11) is -3.46. The summed E-state index contributed by atoms with van der Waals surface area (Å²) in [6.45, 7) is 11.9. The highest BCUT2D eigenvalue weighted by Gasteiger charge is 2.53. The van der Waals surface area contributed by atoms with Gasteiger partial charge < -0.3 is 69.3 Å². The van der Waals surface area contributed by atoms with Crippen molar-refractivity contribution in [2.75, 3.05) is 19.8 Å². The van der Waals surface area contributed by atoms with Crippen molar-refractivity contribution < 1.29 is 92.1 Å². The van der Waals surface area contributed by atoms with E-state index < -0.39 is 39.7 Å². The topological polar surface area (TPSA) is 324 Å². The van der Waals surface area contributed by atoms with Gasteiger partial charge in [-0.2, -0.15) is 0 Å². The van der Waals surface area contributed by atoms with Gasteiger partial charge in [0.05, 0.1) is 41.4 Å². The molecule has 0 radical (unpaired) electrons. The standard InChI is InChI=1S/C22H22O6.C19H18O6.C19H16O5.C10H10N2O2S/c1-21(2)26-10-22(3,28-21)18-9-15-14-7-11-6-12(23)8-16(24)19(11)20(25)13(14)4-5-17(15)27-18;1-19(24,8-20)16-7-13-12-5-9-4-10(21)6-14(22)17(9)18(23)11(12)2-3-15(13)25-16;1-19(8-23-19)16-7-13-12-5-9-4-10(20)6-14(21)17(9)18(22)11(12)2-3-15(13)24-16;1-9-2-4-10(5-3-9)15(13,14)12-7-6-11-8-12/h4-6,8,18,23-24H,7,9-10H2,1-3H3;2-4,6,16,20-22,24H,5,7-8H2,1H3;2-4,6,16,20-21H,5,7-8H2,1H3;2-8H,1H3/t18-,22-;2*16-,19-;/m111./s1. The van der Waals surface area contributed by atoms with E-state index in [0.717, 1.165) is 60.5 Å². The first-order valence-corrected chi connectivity index (χ1v) is 31.3. The number of hydrogen-bond donors (Lipinski definition) is 8. The molecule has 476 valence electrons. The maximum atomic E-state index is 13.0. The van der Waals surface area contributed by atoms with E-state index in [0.29, 0.717) is 90.9 Å². The maximum Gasteiger partial charge on any atom is 0.268 e. The lowest BCUT2D eigenvalue weighted by Gasteiger charge is -2.30. The van der Waals surface area contributed by atoms with Crippen LogP contribution in [0.1, 0.15) is 138 Å². The number of phenolic OH excluding ortho intramolecular Hbond substituents is 6. The number of aromatic nitrogens is 2. The molecule has 7 aromatic carbocycles. The number of hydrogen-bond acceptors (Lipinski definition) is 20. The smallest absolute Gasteiger partial charge is 0.268 e. The Labute approximate surface area is 528 Å². The molecule has 22 heteroatoms. The van der Waals surface area contributed by atoms with Crippen LogP contribution < -0.4 is 14.2 Å². The number of epoxide rings is 1. The van der Waals surface area contributed by atoms with Crippen molar-refractivity contribution in [2.45, 2.75) is 126 Å². The van der Waals surface area contributed by atoms with Gasteiger partial charge in [-0.05, 0) is 161 Å². The fourth-order valence-corrected chi connectivity index (χ4v) is 14.5. The fourth-order valence-electron chi connectivity index (χ4n) is 13.3. The van der Waals surface area contributed by atoms with Crippen LogP contribution >= 0.6 is 0 Å². The molecule has 6 heterocycles. The number of benzene rings is 7. The van der Waals surface area contributed by atoms with Crippen molar-refractivity contribution >= 4 is 27.4 Å². The summed E-state index contributed by atoms with van der Waals surface area (Å²) in [5.41, 5.74) is 8.52. The SMILES string of the molecule is CC1(C)OC[C@](C)([C@H]2Cc3c(ccc4c3Cc3cc(O)cc(O)c3C4=O)O2)O1.C[C@@](O)(CO)[C@H]1Cc2c(ccc3c2Cc2cc(O)cc(O)c2C3=O)O1.C[C@]1([C@H]2Cc3c(ccc4c3Cc3cc(O)cc(O)c3C4=O)O2)CO1.Cc1ccc(S(=O)(=O)n2ccnc2)cc1. The van der Waals surface area contributed by atoms with E-state index in [-0.39, 0.29) is 91.2 Å². The highest BCUT2D eigenvalue weighted by Crippen LogP contribution is 2.49. The third-order valence-electron chi connectivity index (χ3n) is 18.4. The summed E-state index contributed by atoms with van der Waals surface area (Å²) >= 11 is 0. The molecule has 92 heavy (non-hydrogen) atoms. The quantitative estimate of drug-likeness (QED) is 0.0729. The largest absolute Gasteiger partial charge is 0.508 e. The molecule has 8 aromatic rings. The molecule has 8 N–H and O–H groups in total. The summed E-state index contributed by atoms with van der Waals surface area (Å²) < 4.78 is 60.4. The van der Waals surface area contributed by atoms with Gasteiger partial charge in [0.15, 0.2) is 23.1 Å². The van der Waals surface area contributed by atoms with Crippen LogP contribution in [0.4, 0.5) is 0 Å². The first-order valence-electron chi connectivity index (χ1n) is 29.9. The van der Waals surface area contributed by atoms with Crippen molar-refractivity contribution in [1.82, 2.24) is 8.96 Å². The monoisotopic (exact) mass is 1270 g/mol. The van der Waals surface area contributed by atoms with Crippen LogP contribution in [-0.4, -0.2) is 136 Å². The molecule has 0 bridgehead atoms. The predicted molar refractivity (Wildman–Crippen MR) is 329 cm³/mol. The number of imidazole rings is 1. The number of ether oxygens (including phenoxy) is 6. The number of rotatable bonds is 6. The number of ketones is 3. The van der Waals surface area contributed by atoms with Crippen molar-refractivity contribution in [3.8, 4) is 51.7 Å². The zero-order valence-electron chi connectivity index (χ0n) is 50.9. The molecule has 0 saturated carbocycles. The number of aliphatic hydroxyl groups is 2. The molecule has 2 saturated heterocycles. The van der Waals surface area contributed by atoms with E-state index in [2.05, 4.69) is 4.98 Å². The average Bonchev–Trinajstić information content (AvgIpc) is 1.30. The zero-order chi connectivity index (χ0) is 65.3. The van der Waals surface area contributed by atoms with Gasteiger partial charge in [0.1, 0.15) is 93.2 Å². The Morgan fingerprint density at radius 1 is 0.565 bits per heavy atom. The summed E-state index contributed by atoms with van der Waals surface area (Å²) in [6, 6.07) is 25.4. The Morgan fingerprint density at radius 2 is 0.989 bits per heavy atom. The molecule has 0 unspecified atom stereocenters. The van der Waals surface area contributed by atoms with Crippen LogP contribution in [0.5, 0.6) is 51.7 Å². The molecular formula is C70H66N2O19S. The molecule has 8 aliphatic rings. The third-order valence-corrected chi connectivity index (χ3v) is 20.1. The number of aromatic hydroxyl groups is 6. The van der Waals surface area contributed by atoms with Crippen LogP contribution in [0.2, 0.25) is 0 Å². The van der Waals surface area contributed by atoms with Crippen molar-refractivity contribution in [2.24, 2.45) is 0 Å². The van der Waals surface area contributed by atoms with Gasteiger partial charge in [-0.1, -0.05) is 17.7 Å². The van der Waals surface area contributed by atoms with Gasteiger partial charge in [0.25, 0.3) is 10.0 Å². The Morgan fingerprint density at radius 3 is 1.38 bits per heavy atom. The number of nitrogens with zero attached hydrogens (tertiary/aromatic N) is 2. The minimum atomic E-state index is -3.46. The van der Waals surface area contributed by atoms with E-state index in [4.69, 9.17) is 28.4 Å². The molecule has 3 aliphatic carbocycles. The first kappa shape index (κ1) is 61.6. The molecule has 16 rings (SSSR count). The van der Waals surface area contributed by atoms with Gasteiger partial charge >= 0.3 is 0 Å². The molecule has 2 fully saturated rings. The molecule has 5 aliphatic heterocycles. The highest BCUT2D eigenvalue weighted by molar-refractivity contribution is 7.90. The molecule has 6 atom stereocenters. The maximum absolute atomic E-state index is 13.0. The predicted octanol–water partition coefficient (Wildman–Crippen LogP) is 8.11. The van der Waals surface area contributed by atoms with E-state index in [1.54, 1.807) is 60.7 Å². The number of phenols is 6. The minimum Gasteiger partial charge on any atom is -0.508 e. The van der Waals surface area contributed by atoms with E-state index in [9.17, 15) is 63.7 Å². The normalized spacial score (nSPS) is 22.5. The van der Waals surface area contributed by atoms with Crippen LogP contribution in [-0.2, 0) is 62.8 Å². The van der Waals surface area contributed by atoms with Gasteiger partial charge in [-0.25, -0.2) is 17.4 Å². The second-order valence-electron chi connectivity index (χ2n) is 25.6. The number of carbonyl (C=O) groups excluding carboxylic acids is 3. The minimum absolute atomic E-state index is 0.0342. The van der Waals surface area contributed by atoms with Crippen molar-refractivity contribution in [3.05, 3.63) is 205 Å². The van der Waals surface area contributed by atoms with E-state index >= 15 is 0 Å². The van der Waals surface area contributed by atoms with Gasteiger partial charge in [0, 0.05) is 83.2 Å². The Bertz CT molecular complexity index is 4510. The van der Waals surface area contributed by atoms with Crippen LogP contribution in [0, 0.1) is 6.92 Å². The zero-order valence-corrected chi connectivity index (χ0v) is 51.8. The molecular weight excluding hydrogens is 1200 g/mol. The van der Waals surface area contributed by atoms with Crippen LogP contribution in [0.15, 0.2) is 121 Å². The lowest BCUT2D eigenvalue weighted by molar-refractivity contribution is -0.173. The lowest BCUT2D eigenvalue weighted by atomic mass is 9.81. The van der Waals surface area contributed by atoms with Crippen molar-refractivity contribution in [1.29, 1.82) is 0 Å². The number of carbonyl (C=O) groups is 3. The van der Waals surface area contributed by atoms with Gasteiger partial charge in [0.2, 0.25) is 0 Å². The van der Waals surface area contributed by atoms with E-state index in [1.807, 2.05) is 46.8 Å². The van der Waals surface area contributed by atoms with Gasteiger partial charge in [-0.15, -0.1) is 0 Å². The average molecular weight is 1270 g/mol. The second-order valence-corrected chi connectivity index (χ2v) is 27.4. The van der Waals surface area contributed by atoms with Crippen LogP contribution in [0.3, 0.4) is 0 Å². The van der Waals surface area contributed by atoms with Gasteiger partial charge in [-0.3, -0.25) is 14.4 Å².